The van der Waals surface area contributed by atoms with E-state index in [1.54, 1.807) is 0 Å². The van der Waals surface area contributed by atoms with Gasteiger partial charge in [-0.25, -0.2) is 0 Å². The summed E-state index contributed by atoms with van der Waals surface area (Å²) in [5.74, 6) is 0. The van der Waals surface area contributed by atoms with E-state index in [4.69, 9.17) is 5.41 Å². The van der Waals surface area contributed by atoms with Gasteiger partial charge in [-0.3, -0.25) is 0 Å². The molecule has 1 aromatic carbocycles. The lowest BCUT2D eigenvalue weighted by molar-refractivity contribution is 1.54. The summed E-state index contributed by atoms with van der Waals surface area (Å²) in [6.07, 6.45) is 1.33. The van der Waals surface area contributed by atoms with Gasteiger partial charge in [0, 0.05) is 6.21 Å². The van der Waals surface area contributed by atoms with Gasteiger partial charge in [0.2, 0.25) is 0 Å². The van der Waals surface area contributed by atoms with Gasteiger partial charge in [-0.05, 0) is 5.56 Å². The highest BCUT2D eigenvalue weighted by molar-refractivity contribution is 5.76. The minimum Gasteiger partial charge on any atom is -0.308 e. The SMILES string of the molecule is N=Cc1ccccc1. The van der Waals surface area contributed by atoms with Crippen LogP contribution in [0.5, 0.6) is 0 Å². The third-order valence-electron chi connectivity index (χ3n) is 0.966. The Labute approximate surface area is 48.5 Å². The summed E-state index contributed by atoms with van der Waals surface area (Å²) in [4.78, 5) is 0. The molecule has 1 heteroatoms. The zero-order chi connectivity index (χ0) is 5.82. The number of hydrogen-bond acceptors (Lipinski definition) is 1. The Kier molecular flexibility index (Phi) is 1.42. The maximum atomic E-state index is 6.82. The molecule has 1 N–H and O–H groups in total. The van der Waals surface area contributed by atoms with Crippen molar-refractivity contribution in [3.8, 4) is 0 Å². The molecule has 1 rings (SSSR count). The van der Waals surface area contributed by atoms with E-state index >= 15 is 0 Å². The summed E-state index contributed by atoms with van der Waals surface area (Å²) in [5.41, 5.74) is 0.951. The first kappa shape index (κ1) is 5.04. The highest BCUT2D eigenvalue weighted by Crippen LogP contribution is 1.91. The molecule has 0 saturated heterocycles. The van der Waals surface area contributed by atoms with Gasteiger partial charge in [0.25, 0.3) is 0 Å². The third-order valence-corrected chi connectivity index (χ3v) is 0.966. The molecule has 0 aliphatic heterocycles. The molecule has 0 bridgehead atoms. The zero-order valence-electron chi connectivity index (χ0n) is 4.46. The van der Waals surface area contributed by atoms with Gasteiger partial charge in [-0.2, -0.15) is 0 Å². The predicted molar refractivity (Wildman–Crippen MR) is 34.3 cm³/mol. The van der Waals surface area contributed by atoms with Crippen LogP contribution in [-0.2, 0) is 0 Å². The quantitative estimate of drug-likeness (QED) is 0.525. The largest absolute Gasteiger partial charge is 0.308 e. The van der Waals surface area contributed by atoms with Crippen LogP contribution in [0, 0.1) is 5.41 Å². The van der Waals surface area contributed by atoms with Gasteiger partial charge in [0.15, 0.2) is 0 Å². The summed E-state index contributed by atoms with van der Waals surface area (Å²) in [6.45, 7) is 0. The van der Waals surface area contributed by atoms with Crippen LogP contribution >= 0.6 is 0 Å². The van der Waals surface area contributed by atoms with Crippen LogP contribution in [0.2, 0.25) is 0 Å². The van der Waals surface area contributed by atoms with Gasteiger partial charge in [-0.15, -0.1) is 0 Å². The first-order chi connectivity index (χ1) is 3.93. The van der Waals surface area contributed by atoms with Crippen molar-refractivity contribution in [3.05, 3.63) is 35.9 Å². The first-order valence-electron chi connectivity index (χ1n) is 2.49. The molecular weight excluding hydrogens is 98.1 g/mol. The fraction of sp³-hybridized carbons (Fsp3) is 0. The third kappa shape index (κ3) is 0.936. The Morgan fingerprint density at radius 3 is 2.12 bits per heavy atom. The van der Waals surface area contributed by atoms with Crippen molar-refractivity contribution in [3.63, 3.8) is 0 Å². The van der Waals surface area contributed by atoms with Gasteiger partial charge >= 0.3 is 0 Å². The summed E-state index contributed by atoms with van der Waals surface area (Å²) in [5, 5.41) is 6.82. The van der Waals surface area contributed by atoms with Crippen molar-refractivity contribution < 1.29 is 0 Å². The molecule has 0 amide bonds. The zero-order valence-corrected chi connectivity index (χ0v) is 4.46. The Morgan fingerprint density at radius 2 is 1.75 bits per heavy atom. The summed E-state index contributed by atoms with van der Waals surface area (Å²) >= 11 is 0. The van der Waals surface area contributed by atoms with Crippen LogP contribution in [-0.4, -0.2) is 6.21 Å². The smallest absolute Gasteiger partial charge is 0.0250 e. The van der Waals surface area contributed by atoms with Gasteiger partial charge in [0.05, 0.1) is 0 Å². The van der Waals surface area contributed by atoms with E-state index in [2.05, 4.69) is 0 Å². The van der Waals surface area contributed by atoms with E-state index in [9.17, 15) is 0 Å². The minimum atomic E-state index is 0.951. The molecule has 0 saturated carbocycles. The number of nitrogens with one attached hydrogen (secondary N) is 1. The monoisotopic (exact) mass is 105 g/mol. The van der Waals surface area contributed by atoms with Gasteiger partial charge < -0.3 is 5.41 Å². The number of benzene rings is 1. The molecule has 0 unspecified atom stereocenters. The second-order valence-electron chi connectivity index (χ2n) is 1.56. The molecule has 0 fully saturated rings. The summed E-state index contributed by atoms with van der Waals surface area (Å²) in [7, 11) is 0. The average Bonchev–Trinajstić information content (AvgIpc) is 1.90. The van der Waals surface area contributed by atoms with Crippen molar-refractivity contribution in [2.75, 3.05) is 0 Å². The predicted octanol–water partition coefficient (Wildman–Crippen LogP) is 1.68. The van der Waals surface area contributed by atoms with Crippen molar-refractivity contribution >= 4 is 6.21 Å². The lowest BCUT2D eigenvalue weighted by atomic mass is 10.2. The lowest BCUT2D eigenvalue weighted by Gasteiger charge is -1.84. The molecule has 0 heterocycles. The van der Waals surface area contributed by atoms with E-state index in [-0.39, 0.29) is 0 Å². The lowest BCUT2D eigenvalue weighted by Crippen LogP contribution is -1.73. The molecule has 0 atom stereocenters. The molecule has 0 aliphatic rings. The molecule has 0 aromatic heterocycles. The molecule has 0 spiro atoms. The van der Waals surface area contributed by atoms with Gasteiger partial charge in [-0.1, -0.05) is 30.3 Å². The normalized spacial score (nSPS) is 8.50. The number of hydrogen-bond donors (Lipinski definition) is 1. The topological polar surface area (TPSA) is 23.9 Å². The fourth-order valence-corrected chi connectivity index (χ4v) is 0.549. The summed E-state index contributed by atoms with van der Waals surface area (Å²) in [6, 6.07) is 9.56. The second kappa shape index (κ2) is 2.26. The molecule has 1 nitrogen and oxygen atoms in total. The van der Waals surface area contributed by atoms with E-state index in [1.165, 1.54) is 6.21 Å². The molecule has 0 aliphatic carbocycles. The van der Waals surface area contributed by atoms with E-state index in [0.717, 1.165) is 5.56 Å². The van der Waals surface area contributed by atoms with Crippen LogP contribution < -0.4 is 0 Å². The van der Waals surface area contributed by atoms with Crippen LogP contribution in [0.1, 0.15) is 5.56 Å². The van der Waals surface area contributed by atoms with E-state index in [1.807, 2.05) is 30.3 Å². The van der Waals surface area contributed by atoms with Crippen molar-refractivity contribution in [2.45, 2.75) is 0 Å². The Morgan fingerprint density at radius 1 is 1.12 bits per heavy atom. The minimum absolute atomic E-state index is 0.951. The van der Waals surface area contributed by atoms with Crippen LogP contribution in [0.15, 0.2) is 30.3 Å². The second-order valence-corrected chi connectivity index (χ2v) is 1.56. The average molecular weight is 105 g/mol. The standard InChI is InChI=1S/C7H7N/c8-6-7-4-2-1-3-5-7/h1-6,8H. The fourth-order valence-electron chi connectivity index (χ4n) is 0.549. The molecule has 8 heavy (non-hydrogen) atoms. The van der Waals surface area contributed by atoms with Gasteiger partial charge in [0.1, 0.15) is 0 Å². The molecule has 1 aromatic rings. The Balaban J connectivity index is 2.99. The number of rotatable bonds is 1. The van der Waals surface area contributed by atoms with Crippen molar-refractivity contribution in [1.29, 1.82) is 5.41 Å². The maximum Gasteiger partial charge on any atom is 0.0250 e. The summed E-state index contributed by atoms with van der Waals surface area (Å²) < 4.78 is 0. The first-order valence-corrected chi connectivity index (χ1v) is 2.49. The highest BCUT2D eigenvalue weighted by atomic mass is 14.3. The van der Waals surface area contributed by atoms with Crippen LogP contribution in [0.3, 0.4) is 0 Å². The van der Waals surface area contributed by atoms with E-state index in [0.29, 0.717) is 0 Å². The van der Waals surface area contributed by atoms with E-state index < -0.39 is 0 Å². The Hall–Kier alpha value is -1.11. The molecule has 0 radical (unpaired) electrons. The van der Waals surface area contributed by atoms with Crippen LogP contribution in [0.25, 0.3) is 0 Å². The molecule has 40 valence electrons. The Bertz CT molecular complexity index is 167. The van der Waals surface area contributed by atoms with Crippen molar-refractivity contribution in [2.24, 2.45) is 0 Å². The molecular formula is C7H7N. The maximum absolute atomic E-state index is 6.82. The van der Waals surface area contributed by atoms with Crippen LogP contribution in [0.4, 0.5) is 0 Å². The highest BCUT2D eigenvalue weighted by Gasteiger charge is 1.77. The van der Waals surface area contributed by atoms with Crippen molar-refractivity contribution in [1.82, 2.24) is 0 Å².